The molecule has 0 saturated heterocycles. The van der Waals surface area contributed by atoms with Gasteiger partial charge < -0.3 is 4.74 Å². The van der Waals surface area contributed by atoms with E-state index in [1.807, 2.05) is 12.1 Å². The van der Waals surface area contributed by atoms with Crippen LogP contribution in [0.25, 0.3) is 0 Å². The van der Waals surface area contributed by atoms with Crippen LogP contribution in [0, 0.1) is 0 Å². The summed E-state index contributed by atoms with van der Waals surface area (Å²) in [6.45, 7) is -0.147. The molecule has 0 spiro atoms. The highest BCUT2D eigenvalue weighted by atomic mass is 35.5. The average molecular weight is 603 g/mol. The van der Waals surface area contributed by atoms with Crippen molar-refractivity contribution in [2.45, 2.75) is 11.5 Å². The second kappa shape index (κ2) is 13.0. The van der Waals surface area contributed by atoms with Gasteiger partial charge in [0.15, 0.2) is 0 Å². The molecule has 11 heteroatoms. The van der Waals surface area contributed by atoms with Crippen molar-refractivity contribution in [3.05, 3.63) is 123 Å². The van der Waals surface area contributed by atoms with E-state index in [2.05, 4.69) is 10.5 Å². The molecule has 0 saturated carbocycles. The number of anilines is 1. The molecular formula is C28H22Cl3N3O4S. The van der Waals surface area contributed by atoms with Crippen LogP contribution in [0.1, 0.15) is 11.1 Å². The largest absolute Gasteiger partial charge is 0.489 e. The summed E-state index contributed by atoms with van der Waals surface area (Å²) in [5, 5.41) is 5.03. The molecule has 0 aromatic heterocycles. The van der Waals surface area contributed by atoms with Crippen molar-refractivity contribution < 1.29 is 17.9 Å². The number of benzene rings is 4. The lowest BCUT2D eigenvalue weighted by atomic mass is 10.2. The molecule has 0 aliphatic rings. The summed E-state index contributed by atoms with van der Waals surface area (Å²) < 4.78 is 33.4. The number of nitrogens with zero attached hydrogens (tertiary/aromatic N) is 2. The van der Waals surface area contributed by atoms with Gasteiger partial charge in [-0.3, -0.25) is 9.10 Å². The summed E-state index contributed by atoms with van der Waals surface area (Å²) in [6.07, 6.45) is 1.44. The molecule has 39 heavy (non-hydrogen) atoms. The zero-order valence-electron chi connectivity index (χ0n) is 20.3. The van der Waals surface area contributed by atoms with E-state index in [4.69, 9.17) is 39.5 Å². The van der Waals surface area contributed by atoms with Gasteiger partial charge in [-0.2, -0.15) is 5.10 Å². The number of nitrogens with one attached hydrogen (secondary N) is 1. The molecule has 0 bridgehead atoms. The topological polar surface area (TPSA) is 88.1 Å². The van der Waals surface area contributed by atoms with Crippen LogP contribution in [0.2, 0.25) is 15.1 Å². The lowest BCUT2D eigenvalue weighted by molar-refractivity contribution is -0.119. The fourth-order valence-corrected chi connectivity index (χ4v) is 5.27. The first-order valence-electron chi connectivity index (χ1n) is 11.5. The lowest BCUT2D eigenvalue weighted by Crippen LogP contribution is -2.39. The van der Waals surface area contributed by atoms with Gasteiger partial charge in [0, 0.05) is 5.02 Å². The Kier molecular flexibility index (Phi) is 9.48. The molecule has 0 aliphatic carbocycles. The van der Waals surface area contributed by atoms with Gasteiger partial charge in [-0.1, -0.05) is 65.1 Å². The van der Waals surface area contributed by atoms with Crippen LogP contribution in [0.5, 0.6) is 5.75 Å². The number of carbonyl (C=O) groups is 1. The normalized spacial score (nSPS) is 11.4. The maximum Gasteiger partial charge on any atom is 0.264 e. The third-order valence-corrected chi connectivity index (χ3v) is 8.19. The number of halogens is 3. The Hall–Kier alpha value is -3.56. The summed E-state index contributed by atoms with van der Waals surface area (Å²) in [5.41, 5.74) is 4.24. The monoisotopic (exact) mass is 601 g/mol. The van der Waals surface area contributed by atoms with E-state index >= 15 is 0 Å². The summed E-state index contributed by atoms with van der Waals surface area (Å²) in [7, 11) is -4.09. The first-order valence-corrected chi connectivity index (χ1v) is 14.1. The van der Waals surface area contributed by atoms with Crippen molar-refractivity contribution in [3.63, 3.8) is 0 Å². The number of hydrogen-bond donors (Lipinski definition) is 1. The molecule has 1 N–H and O–H groups in total. The molecule has 4 aromatic carbocycles. The number of amides is 1. The van der Waals surface area contributed by atoms with Crippen molar-refractivity contribution in [2.24, 2.45) is 5.10 Å². The predicted octanol–water partition coefficient (Wildman–Crippen LogP) is 6.57. The molecule has 1 amide bonds. The van der Waals surface area contributed by atoms with E-state index in [-0.39, 0.29) is 20.6 Å². The van der Waals surface area contributed by atoms with Gasteiger partial charge in [0.25, 0.3) is 15.9 Å². The summed E-state index contributed by atoms with van der Waals surface area (Å²) in [6, 6.07) is 26.6. The van der Waals surface area contributed by atoms with E-state index < -0.39 is 22.5 Å². The fourth-order valence-electron chi connectivity index (χ4n) is 3.42. The minimum absolute atomic E-state index is 0.0192. The van der Waals surface area contributed by atoms with E-state index in [9.17, 15) is 13.2 Å². The van der Waals surface area contributed by atoms with E-state index in [0.29, 0.717) is 22.9 Å². The molecule has 0 aliphatic heterocycles. The smallest absolute Gasteiger partial charge is 0.264 e. The molecule has 0 radical (unpaired) electrons. The fraction of sp³-hybridized carbons (Fsp3) is 0.0714. The lowest BCUT2D eigenvalue weighted by Gasteiger charge is -2.24. The third-order valence-electron chi connectivity index (χ3n) is 5.41. The molecule has 200 valence electrons. The van der Waals surface area contributed by atoms with Gasteiger partial charge in [0.1, 0.15) is 18.9 Å². The molecule has 0 heterocycles. The highest BCUT2D eigenvalue weighted by molar-refractivity contribution is 7.92. The van der Waals surface area contributed by atoms with Crippen LogP contribution < -0.4 is 14.5 Å². The van der Waals surface area contributed by atoms with Gasteiger partial charge in [-0.15, -0.1) is 0 Å². The van der Waals surface area contributed by atoms with Crippen molar-refractivity contribution in [2.75, 3.05) is 10.8 Å². The Bertz CT molecular complexity index is 1560. The van der Waals surface area contributed by atoms with Crippen LogP contribution in [-0.4, -0.2) is 27.1 Å². The van der Waals surface area contributed by atoms with Gasteiger partial charge in [-0.25, -0.2) is 13.8 Å². The Morgan fingerprint density at radius 3 is 2.23 bits per heavy atom. The van der Waals surface area contributed by atoms with E-state index in [0.717, 1.165) is 9.87 Å². The van der Waals surface area contributed by atoms with Crippen molar-refractivity contribution in [1.82, 2.24) is 5.43 Å². The molecule has 0 atom stereocenters. The maximum atomic E-state index is 13.4. The Morgan fingerprint density at radius 2 is 1.56 bits per heavy atom. The van der Waals surface area contributed by atoms with Crippen LogP contribution in [-0.2, 0) is 21.4 Å². The molecule has 0 unspecified atom stereocenters. The number of hydrogen-bond acceptors (Lipinski definition) is 5. The second-order valence-corrected chi connectivity index (χ2v) is 11.3. The summed E-state index contributed by atoms with van der Waals surface area (Å²) in [4.78, 5) is 12.7. The van der Waals surface area contributed by atoms with Crippen LogP contribution >= 0.6 is 34.8 Å². The minimum Gasteiger partial charge on any atom is -0.489 e. The summed E-state index contributed by atoms with van der Waals surface area (Å²) >= 11 is 18.0. The van der Waals surface area contributed by atoms with Crippen molar-refractivity contribution >= 4 is 62.6 Å². The highest BCUT2D eigenvalue weighted by Gasteiger charge is 2.27. The maximum absolute atomic E-state index is 13.4. The van der Waals surface area contributed by atoms with Gasteiger partial charge in [0.05, 0.1) is 26.8 Å². The molecule has 4 aromatic rings. The van der Waals surface area contributed by atoms with Crippen molar-refractivity contribution in [3.8, 4) is 5.75 Å². The number of ether oxygens (including phenoxy) is 1. The number of hydrazone groups is 1. The second-order valence-electron chi connectivity index (χ2n) is 8.20. The number of rotatable bonds is 10. The Balaban J connectivity index is 1.41. The predicted molar refractivity (Wildman–Crippen MR) is 155 cm³/mol. The highest BCUT2D eigenvalue weighted by Crippen LogP contribution is 2.30. The SMILES string of the molecule is O=C(CN(c1ccc(Cl)c(Cl)c1)S(=O)(=O)c1ccccc1)N/N=C/c1ccc(OCc2ccc(Cl)cc2)cc1. The van der Waals surface area contributed by atoms with Gasteiger partial charge >= 0.3 is 0 Å². The van der Waals surface area contributed by atoms with Crippen LogP contribution in [0.3, 0.4) is 0 Å². The zero-order valence-corrected chi connectivity index (χ0v) is 23.4. The number of carbonyl (C=O) groups excluding carboxylic acids is 1. The standard InChI is InChI=1S/C28H22Cl3N3O4S/c29-22-10-6-21(7-11-22)19-38-24-13-8-20(9-14-24)17-32-33-28(35)18-34(23-12-15-26(30)27(31)16-23)39(36,37)25-4-2-1-3-5-25/h1-17H,18-19H2,(H,33,35)/b32-17+. The Morgan fingerprint density at radius 1 is 0.872 bits per heavy atom. The summed E-state index contributed by atoms with van der Waals surface area (Å²) in [5.74, 6) is 0.00858. The molecule has 0 fully saturated rings. The minimum atomic E-state index is -4.09. The zero-order chi connectivity index (χ0) is 27.8. The molecular weight excluding hydrogens is 581 g/mol. The van der Waals surface area contributed by atoms with E-state index in [1.54, 1.807) is 54.6 Å². The third kappa shape index (κ3) is 7.74. The first-order chi connectivity index (χ1) is 18.7. The van der Waals surface area contributed by atoms with E-state index in [1.165, 1.54) is 36.5 Å². The van der Waals surface area contributed by atoms with Gasteiger partial charge in [0.2, 0.25) is 0 Å². The first kappa shape index (κ1) is 28.4. The van der Waals surface area contributed by atoms with Crippen LogP contribution in [0.15, 0.2) is 107 Å². The molecule has 4 rings (SSSR count). The average Bonchev–Trinajstić information content (AvgIpc) is 2.94. The van der Waals surface area contributed by atoms with Crippen molar-refractivity contribution in [1.29, 1.82) is 0 Å². The quantitative estimate of drug-likeness (QED) is 0.164. The Labute approximate surface area is 241 Å². The van der Waals surface area contributed by atoms with Gasteiger partial charge in [-0.05, 0) is 77.9 Å². The molecule has 7 nitrogen and oxygen atoms in total. The van der Waals surface area contributed by atoms with Crippen LogP contribution in [0.4, 0.5) is 5.69 Å². The number of sulfonamides is 1.